The molecule has 0 aliphatic carbocycles. The normalized spacial score (nSPS) is 16.4. The molecule has 3 rings (SSSR count). The molecule has 5 nitrogen and oxygen atoms in total. The first-order valence-electron chi connectivity index (χ1n) is 7.53. The van der Waals surface area contributed by atoms with Crippen molar-refractivity contribution in [3.63, 3.8) is 0 Å². The molecular weight excluding hydrogens is 264 g/mol. The number of aryl methyl sites for hydroxylation is 2. The Bertz CT molecular complexity index is 668. The molecule has 5 heteroatoms. The van der Waals surface area contributed by atoms with Crippen LogP contribution in [0, 0.1) is 12.8 Å². The van der Waals surface area contributed by atoms with Gasteiger partial charge in [-0.3, -0.25) is 0 Å². The lowest BCUT2D eigenvalue weighted by Gasteiger charge is -2.30. The number of imidazole rings is 1. The number of carbonyl (C=O) groups excluding carboxylic acids is 1. The highest BCUT2D eigenvalue weighted by Crippen LogP contribution is 2.21. The second kappa shape index (κ2) is 5.39. The molecule has 21 heavy (non-hydrogen) atoms. The molecule has 1 aromatic carbocycles. The van der Waals surface area contributed by atoms with Gasteiger partial charge in [-0.15, -0.1) is 0 Å². The van der Waals surface area contributed by atoms with E-state index in [9.17, 15) is 4.79 Å². The number of nitrogens with one attached hydrogen (secondary N) is 1. The highest BCUT2D eigenvalue weighted by Gasteiger charge is 2.20. The maximum atomic E-state index is 12.3. The molecular formula is C16H22N4O. The van der Waals surface area contributed by atoms with Gasteiger partial charge in [0.25, 0.3) is 0 Å². The van der Waals surface area contributed by atoms with Crippen molar-refractivity contribution in [1.29, 1.82) is 0 Å². The third-order valence-corrected chi connectivity index (χ3v) is 4.43. The van der Waals surface area contributed by atoms with E-state index < -0.39 is 0 Å². The van der Waals surface area contributed by atoms with E-state index in [0.717, 1.165) is 54.4 Å². The molecule has 0 bridgehead atoms. The average Bonchev–Trinajstić information content (AvgIpc) is 2.74. The number of anilines is 1. The molecule has 0 radical (unpaired) electrons. The molecule has 0 unspecified atom stereocenters. The van der Waals surface area contributed by atoms with E-state index in [0.29, 0.717) is 0 Å². The summed E-state index contributed by atoms with van der Waals surface area (Å²) in [6, 6.07) is 5.87. The van der Waals surface area contributed by atoms with Gasteiger partial charge in [-0.1, -0.05) is 6.92 Å². The number of aromatic nitrogens is 2. The van der Waals surface area contributed by atoms with Gasteiger partial charge in [-0.25, -0.2) is 9.78 Å². The predicted octanol–water partition coefficient (Wildman–Crippen LogP) is 3.15. The number of likely N-dealkylation sites (tertiary alicyclic amines) is 1. The highest BCUT2D eigenvalue weighted by molar-refractivity contribution is 5.92. The van der Waals surface area contributed by atoms with Crippen LogP contribution in [0.1, 0.15) is 25.6 Å². The predicted molar refractivity (Wildman–Crippen MR) is 84.4 cm³/mol. The summed E-state index contributed by atoms with van der Waals surface area (Å²) in [6.45, 7) is 5.91. The first-order chi connectivity index (χ1) is 10.0. The minimum Gasteiger partial charge on any atom is -0.331 e. The maximum absolute atomic E-state index is 12.3. The number of nitrogens with zero attached hydrogens (tertiary/aromatic N) is 3. The molecule has 1 aliphatic rings. The Morgan fingerprint density at radius 2 is 2.05 bits per heavy atom. The second-order valence-electron chi connectivity index (χ2n) is 6.02. The Kier molecular flexibility index (Phi) is 3.57. The van der Waals surface area contributed by atoms with Gasteiger partial charge >= 0.3 is 6.03 Å². The Morgan fingerprint density at radius 3 is 2.76 bits per heavy atom. The van der Waals surface area contributed by atoms with Gasteiger partial charge in [0, 0.05) is 25.8 Å². The van der Waals surface area contributed by atoms with Crippen LogP contribution in [-0.4, -0.2) is 33.6 Å². The number of fused-ring (bicyclic) bond motifs is 1. The fraction of sp³-hybridized carbons (Fsp3) is 0.500. The minimum absolute atomic E-state index is 0.00565. The SMILES string of the molecule is Cc1nc2cc(NC(=O)N3CCC(C)CC3)ccc2n1C. The lowest BCUT2D eigenvalue weighted by atomic mass is 10.00. The zero-order valence-electron chi connectivity index (χ0n) is 12.9. The van der Waals surface area contributed by atoms with Crippen LogP contribution in [0.5, 0.6) is 0 Å². The number of piperidine rings is 1. The van der Waals surface area contributed by atoms with Crippen molar-refractivity contribution in [2.45, 2.75) is 26.7 Å². The summed E-state index contributed by atoms with van der Waals surface area (Å²) in [6.07, 6.45) is 2.18. The number of amides is 2. The van der Waals surface area contributed by atoms with E-state index in [2.05, 4.69) is 17.2 Å². The zero-order chi connectivity index (χ0) is 15.0. The van der Waals surface area contributed by atoms with Gasteiger partial charge in [0.1, 0.15) is 5.82 Å². The number of rotatable bonds is 1. The Labute approximate surface area is 125 Å². The number of urea groups is 1. The lowest BCUT2D eigenvalue weighted by molar-refractivity contribution is 0.186. The molecule has 1 N–H and O–H groups in total. The molecule has 1 aromatic heterocycles. The summed E-state index contributed by atoms with van der Waals surface area (Å²) in [5, 5.41) is 2.99. The minimum atomic E-state index is -0.00565. The summed E-state index contributed by atoms with van der Waals surface area (Å²) < 4.78 is 2.05. The van der Waals surface area contributed by atoms with Crippen molar-refractivity contribution in [2.75, 3.05) is 18.4 Å². The average molecular weight is 286 g/mol. The first kappa shape index (κ1) is 13.9. The fourth-order valence-electron chi connectivity index (χ4n) is 2.81. The van der Waals surface area contributed by atoms with Crippen molar-refractivity contribution in [3.05, 3.63) is 24.0 Å². The monoisotopic (exact) mass is 286 g/mol. The van der Waals surface area contributed by atoms with Crippen LogP contribution in [-0.2, 0) is 7.05 Å². The van der Waals surface area contributed by atoms with E-state index in [1.165, 1.54) is 0 Å². The van der Waals surface area contributed by atoms with Crippen molar-refractivity contribution < 1.29 is 4.79 Å². The van der Waals surface area contributed by atoms with Gasteiger partial charge in [-0.2, -0.15) is 0 Å². The van der Waals surface area contributed by atoms with Crippen LogP contribution in [0.3, 0.4) is 0 Å². The van der Waals surface area contributed by atoms with Crippen molar-refractivity contribution in [3.8, 4) is 0 Å². The van der Waals surface area contributed by atoms with Gasteiger partial charge in [0.05, 0.1) is 11.0 Å². The summed E-state index contributed by atoms with van der Waals surface area (Å²) in [7, 11) is 2.00. The van der Waals surface area contributed by atoms with Crippen LogP contribution in [0.2, 0.25) is 0 Å². The van der Waals surface area contributed by atoms with Crippen molar-refractivity contribution in [2.24, 2.45) is 13.0 Å². The van der Waals surface area contributed by atoms with Crippen LogP contribution >= 0.6 is 0 Å². The van der Waals surface area contributed by atoms with E-state index >= 15 is 0 Å². The third-order valence-electron chi connectivity index (χ3n) is 4.43. The van der Waals surface area contributed by atoms with E-state index in [-0.39, 0.29) is 6.03 Å². The number of carbonyl (C=O) groups is 1. The molecule has 112 valence electrons. The lowest BCUT2D eigenvalue weighted by Crippen LogP contribution is -2.40. The van der Waals surface area contributed by atoms with E-state index in [4.69, 9.17) is 0 Å². The number of hydrogen-bond acceptors (Lipinski definition) is 2. The van der Waals surface area contributed by atoms with Crippen LogP contribution in [0.25, 0.3) is 11.0 Å². The van der Waals surface area contributed by atoms with Gasteiger partial charge in [0.15, 0.2) is 0 Å². The quantitative estimate of drug-likeness (QED) is 0.875. The largest absolute Gasteiger partial charge is 0.331 e. The van der Waals surface area contributed by atoms with Gasteiger partial charge in [-0.05, 0) is 43.9 Å². The van der Waals surface area contributed by atoms with Crippen molar-refractivity contribution >= 4 is 22.8 Å². The van der Waals surface area contributed by atoms with Gasteiger partial charge < -0.3 is 14.8 Å². The maximum Gasteiger partial charge on any atom is 0.321 e. The summed E-state index contributed by atoms with van der Waals surface area (Å²) in [4.78, 5) is 18.7. The Balaban J connectivity index is 1.74. The van der Waals surface area contributed by atoms with E-state index in [1.807, 2.05) is 41.6 Å². The molecule has 2 aromatic rings. The highest BCUT2D eigenvalue weighted by atomic mass is 16.2. The molecule has 0 spiro atoms. The smallest absolute Gasteiger partial charge is 0.321 e. The molecule has 2 heterocycles. The Morgan fingerprint density at radius 1 is 1.33 bits per heavy atom. The molecule has 1 aliphatic heterocycles. The standard InChI is InChI=1S/C16H22N4O/c1-11-6-8-20(9-7-11)16(21)18-13-4-5-15-14(10-13)17-12(2)19(15)3/h4-5,10-11H,6-9H2,1-3H3,(H,18,21). The topological polar surface area (TPSA) is 50.2 Å². The van der Waals surface area contributed by atoms with Gasteiger partial charge in [0.2, 0.25) is 0 Å². The number of benzene rings is 1. The Hall–Kier alpha value is -2.04. The molecule has 1 saturated heterocycles. The molecule has 1 fully saturated rings. The zero-order valence-corrected chi connectivity index (χ0v) is 12.9. The van der Waals surface area contributed by atoms with Crippen molar-refractivity contribution in [1.82, 2.24) is 14.5 Å². The van der Waals surface area contributed by atoms with Crippen LogP contribution in [0.15, 0.2) is 18.2 Å². The second-order valence-corrected chi connectivity index (χ2v) is 6.02. The van der Waals surface area contributed by atoms with Crippen LogP contribution < -0.4 is 5.32 Å². The fourth-order valence-corrected chi connectivity index (χ4v) is 2.81. The van der Waals surface area contributed by atoms with E-state index in [1.54, 1.807) is 0 Å². The summed E-state index contributed by atoms with van der Waals surface area (Å²) >= 11 is 0. The summed E-state index contributed by atoms with van der Waals surface area (Å²) in [5.74, 6) is 1.69. The molecule has 2 amide bonds. The van der Waals surface area contributed by atoms with Crippen LogP contribution in [0.4, 0.5) is 10.5 Å². The molecule has 0 saturated carbocycles. The third kappa shape index (κ3) is 2.73. The molecule has 0 atom stereocenters. The number of hydrogen-bond donors (Lipinski definition) is 1. The summed E-state index contributed by atoms with van der Waals surface area (Å²) in [5.41, 5.74) is 2.81. The first-order valence-corrected chi connectivity index (χ1v) is 7.53.